The molecule has 1 aromatic carbocycles. The van der Waals surface area contributed by atoms with Gasteiger partial charge >= 0.3 is 11.9 Å². The van der Waals surface area contributed by atoms with Gasteiger partial charge in [-0.25, -0.2) is 9.59 Å². The Bertz CT molecular complexity index is 432. The van der Waals surface area contributed by atoms with Gasteiger partial charge in [-0.1, -0.05) is 30.9 Å². The van der Waals surface area contributed by atoms with Crippen LogP contribution in [0.3, 0.4) is 0 Å². The van der Waals surface area contributed by atoms with Crippen molar-refractivity contribution >= 4 is 11.9 Å². The monoisotopic (exact) mass is 262 g/mol. The smallest absolute Gasteiger partial charge is 0.335 e. The molecule has 4 nitrogen and oxygen atoms in total. The van der Waals surface area contributed by atoms with Gasteiger partial charge in [0.25, 0.3) is 0 Å². The lowest BCUT2D eigenvalue weighted by atomic mass is 10.2. The normalized spacial score (nSPS) is 8.53. The van der Waals surface area contributed by atoms with E-state index in [1.54, 1.807) is 19.1 Å². The summed E-state index contributed by atoms with van der Waals surface area (Å²) < 4.78 is 9.30. The zero-order valence-corrected chi connectivity index (χ0v) is 11.2. The number of carbonyl (C=O) groups is 2. The van der Waals surface area contributed by atoms with Crippen LogP contribution < -0.4 is 4.74 Å². The van der Waals surface area contributed by atoms with Gasteiger partial charge in [0.1, 0.15) is 5.75 Å². The highest BCUT2D eigenvalue weighted by molar-refractivity contribution is 5.83. The fraction of sp³-hybridized carbons (Fsp3) is 0.200. The fourth-order valence-electron chi connectivity index (χ4n) is 0.965. The number of ether oxygens (including phenoxy) is 2. The van der Waals surface area contributed by atoms with Crippen LogP contribution in [0.5, 0.6) is 5.75 Å². The molecule has 0 fully saturated rings. The van der Waals surface area contributed by atoms with E-state index in [0.29, 0.717) is 12.4 Å². The summed E-state index contributed by atoms with van der Waals surface area (Å²) in [5.74, 6) is -0.244. The van der Waals surface area contributed by atoms with E-state index in [0.717, 1.165) is 17.7 Å². The summed E-state index contributed by atoms with van der Waals surface area (Å²) in [7, 11) is 0. The van der Waals surface area contributed by atoms with Crippen molar-refractivity contribution in [1.82, 2.24) is 0 Å². The maximum atomic E-state index is 10.7. The highest BCUT2D eigenvalue weighted by Crippen LogP contribution is 2.11. The molecule has 0 unspecified atom stereocenters. The predicted octanol–water partition coefficient (Wildman–Crippen LogP) is 2.82. The number of hydrogen-bond donors (Lipinski definition) is 0. The number of rotatable bonds is 4. The minimum atomic E-state index is -0.432. The summed E-state index contributed by atoms with van der Waals surface area (Å²) in [6.07, 6.45) is 2.28. The highest BCUT2D eigenvalue weighted by atomic mass is 16.5. The van der Waals surface area contributed by atoms with Gasteiger partial charge in [0.05, 0.1) is 6.61 Å². The molecule has 0 atom stereocenters. The van der Waals surface area contributed by atoms with Gasteiger partial charge in [0.2, 0.25) is 0 Å². The van der Waals surface area contributed by atoms with Crippen LogP contribution in [0.25, 0.3) is 0 Å². The average Bonchev–Trinajstić information content (AvgIpc) is 2.42. The molecule has 0 bridgehead atoms. The Morgan fingerprint density at radius 2 is 1.63 bits per heavy atom. The first-order chi connectivity index (χ1) is 9.03. The van der Waals surface area contributed by atoms with Crippen molar-refractivity contribution in [2.45, 2.75) is 13.8 Å². The number of benzene rings is 1. The maximum absolute atomic E-state index is 10.7. The Morgan fingerprint density at radius 3 is 2.00 bits per heavy atom. The van der Waals surface area contributed by atoms with Crippen molar-refractivity contribution in [1.29, 1.82) is 0 Å². The van der Waals surface area contributed by atoms with Gasteiger partial charge in [-0.05, 0) is 26.0 Å². The first-order valence-electron chi connectivity index (χ1n) is 5.73. The van der Waals surface area contributed by atoms with Crippen LogP contribution in [-0.2, 0) is 14.3 Å². The largest absolute Gasteiger partial charge is 0.463 e. The van der Waals surface area contributed by atoms with Gasteiger partial charge in [-0.3, -0.25) is 0 Å². The second kappa shape index (κ2) is 9.65. The van der Waals surface area contributed by atoms with Crippen molar-refractivity contribution in [3.8, 4) is 5.75 Å². The Morgan fingerprint density at radius 1 is 1.11 bits per heavy atom. The van der Waals surface area contributed by atoms with Crippen LogP contribution in [-0.4, -0.2) is 18.5 Å². The highest BCUT2D eigenvalue weighted by Gasteiger charge is 1.97. The quantitative estimate of drug-likeness (QED) is 0.475. The third-order valence-electron chi connectivity index (χ3n) is 1.86. The van der Waals surface area contributed by atoms with Crippen molar-refractivity contribution < 1.29 is 19.1 Å². The van der Waals surface area contributed by atoms with Gasteiger partial charge in [-0.2, -0.15) is 0 Å². The molecular weight excluding hydrogens is 244 g/mol. The first-order valence-corrected chi connectivity index (χ1v) is 5.73. The topological polar surface area (TPSA) is 52.6 Å². The van der Waals surface area contributed by atoms with Crippen molar-refractivity contribution in [3.05, 3.63) is 55.1 Å². The van der Waals surface area contributed by atoms with Crippen LogP contribution in [0.2, 0.25) is 0 Å². The molecule has 0 aliphatic heterocycles. The van der Waals surface area contributed by atoms with Gasteiger partial charge in [0, 0.05) is 12.2 Å². The summed E-state index contributed by atoms with van der Waals surface area (Å²) in [5.41, 5.74) is 1.13. The molecule has 19 heavy (non-hydrogen) atoms. The predicted molar refractivity (Wildman–Crippen MR) is 73.8 cm³/mol. The van der Waals surface area contributed by atoms with Crippen LogP contribution in [0.15, 0.2) is 49.6 Å². The molecule has 0 aliphatic rings. The lowest BCUT2D eigenvalue weighted by molar-refractivity contribution is -0.137. The third-order valence-corrected chi connectivity index (χ3v) is 1.86. The van der Waals surface area contributed by atoms with Crippen LogP contribution in [0, 0.1) is 6.92 Å². The molecule has 102 valence electrons. The zero-order chi connectivity index (χ0) is 14.7. The summed E-state index contributed by atoms with van der Waals surface area (Å²) in [4.78, 5) is 20.8. The number of aryl methyl sites for hydroxylation is 1. The molecule has 0 N–H and O–H groups in total. The Labute approximate surface area is 113 Å². The SMILES string of the molecule is C=CC(=O)OCC.C=CC(=O)Oc1ccc(C)cc1. The second-order valence-corrected chi connectivity index (χ2v) is 3.39. The van der Waals surface area contributed by atoms with E-state index in [9.17, 15) is 9.59 Å². The summed E-state index contributed by atoms with van der Waals surface area (Å²) >= 11 is 0. The van der Waals surface area contributed by atoms with Gasteiger partial charge < -0.3 is 9.47 Å². The van der Waals surface area contributed by atoms with E-state index in [-0.39, 0.29) is 5.97 Å². The van der Waals surface area contributed by atoms with E-state index in [1.807, 2.05) is 19.1 Å². The molecule has 0 radical (unpaired) electrons. The van der Waals surface area contributed by atoms with E-state index >= 15 is 0 Å². The van der Waals surface area contributed by atoms with Crippen molar-refractivity contribution in [3.63, 3.8) is 0 Å². The summed E-state index contributed by atoms with van der Waals surface area (Å²) in [5, 5.41) is 0. The number of esters is 2. The number of hydrogen-bond acceptors (Lipinski definition) is 4. The van der Waals surface area contributed by atoms with Crippen LogP contribution in [0.4, 0.5) is 0 Å². The van der Waals surface area contributed by atoms with Crippen molar-refractivity contribution in [2.24, 2.45) is 0 Å². The summed E-state index contributed by atoms with van der Waals surface area (Å²) in [6.45, 7) is 10.6. The summed E-state index contributed by atoms with van der Waals surface area (Å²) in [6, 6.07) is 7.25. The molecule has 1 rings (SSSR count). The molecule has 1 aromatic rings. The minimum Gasteiger partial charge on any atom is -0.463 e. The lowest BCUT2D eigenvalue weighted by Crippen LogP contribution is -2.02. The van der Waals surface area contributed by atoms with Gasteiger partial charge in [0.15, 0.2) is 0 Å². The van der Waals surface area contributed by atoms with Crippen molar-refractivity contribution in [2.75, 3.05) is 6.61 Å². The molecular formula is C15H18O4. The second-order valence-electron chi connectivity index (χ2n) is 3.39. The number of carbonyl (C=O) groups excluding carboxylic acids is 2. The fourth-order valence-corrected chi connectivity index (χ4v) is 0.965. The molecule has 0 amide bonds. The Hall–Kier alpha value is -2.36. The standard InChI is InChI=1S/C10H10O2.C5H8O2/c1-3-10(11)12-9-6-4-8(2)5-7-9;1-3-5(6)7-4-2/h3-7H,1H2,2H3;3H,1,4H2,2H3. The van der Waals surface area contributed by atoms with E-state index in [4.69, 9.17) is 4.74 Å². The minimum absolute atomic E-state index is 0.359. The third kappa shape index (κ3) is 8.37. The molecule has 0 aliphatic carbocycles. The molecule has 0 saturated heterocycles. The molecule has 0 saturated carbocycles. The van der Waals surface area contributed by atoms with Gasteiger partial charge in [-0.15, -0.1) is 0 Å². The average molecular weight is 262 g/mol. The molecule has 4 heteroatoms. The molecule has 0 heterocycles. The Balaban J connectivity index is 0.000000399. The van der Waals surface area contributed by atoms with E-state index in [2.05, 4.69) is 17.9 Å². The zero-order valence-electron chi connectivity index (χ0n) is 11.2. The molecule has 0 spiro atoms. The Kier molecular flexibility index (Phi) is 8.45. The maximum Gasteiger partial charge on any atom is 0.335 e. The first kappa shape index (κ1) is 16.6. The van der Waals surface area contributed by atoms with E-state index in [1.165, 1.54) is 0 Å². The van der Waals surface area contributed by atoms with Crippen LogP contribution in [0.1, 0.15) is 12.5 Å². The van der Waals surface area contributed by atoms with E-state index < -0.39 is 5.97 Å². The van der Waals surface area contributed by atoms with Crippen LogP contribution >= 0.6 is 0 Å². The lowest BCUT2D eigenvalue weighted by Gasteiger charge is -2.00. The molecule has 0 aromatic heterocycles.